The number of rotatable bonds is 11. The van der Waals surface area contributed by atoms with Crippen LogP contribution >= 0.6 is 0 Å². The van der Waals surface area contributed by atoms with Gasteiger partial charge in [-0.25, -0.2) is 18.0 Å². The first-order valence-electron chi connectivity index (χ1n) is 13.4. The first-order chi connectivity index (χ1) is 20.1. The lowest BCUT2D eigenvalue weighted by Crippen LogP contribution is -2.44. The summed E-state index contributed by atoms with van der Waals surface area (Å²) in [6.07, 6.45) is 2.58. The molecule has 0 radical (unpaired) electrons. The molecular weight excluding hydrogens is 566 g/mol. The summed E-state index contributed by atoms with van der Waals surface area (Å²) < 4.78 is 38.6. The van der Waals surface area contributed by atoms with E-state index < -0.39 is 39.8 Å². The summed E-state index contributed by atoms with van der Waals surface area (Å²) in [4.78, 5) is 54.5. The van der Waals surface area contributed by atoms with Crippen LogP contribution in [0.5, 0.6) is 0 Å². The van der Waals surface area contributed by atoms with Crippen LogP contribution in [-0.2, 0) is 30.8 Å². The first-order valence-corrected chi connectivity index (χ1v) is 14.8. The summed E-state index contributed by atoms with van der Waals surface area (Å²) in [5, 5.41) is 0. The van der Waals surface area contributed by atoms with Gasteiger partial charge >= 0.3 is 11.7 Å². The number of hydrogen-bond donors (Lipinski definition) is 2. The summed E-state index contributed by atoms with van der Waals surface area (Å²) >= 11 is 0. The van der Waals surface area contributed by atoms with Gasteiger partial charge in [-0.2, -0.15) is 4.31 Å². The number of amides is 1. The Balaban J connectivity index is 1.50. The SMILES string of the molecule is COCCN(C(=O)COC(=O)c1ccc(S(=O)(=O)N2CCCCC2)cc1)c1c(N)n(Cc2ccccc2)c(=O)[nH]c1=O. The monoisotopic (exact) mass is 599 g/mol. The molecule has 0 saturated carbocycles. The van der Waals surface area contributed by atoms with Crippen LogP contribution in [0.3, 0.4) is 0 Å². The van der Waals surface area contributed by atoms with Crippen molar-refractivity contribution in [2.45, 2.75) is 30.7 Å². The molecule has 1 amide bonds. The standard InChI is InChI=1S/C28H33N5O8S/c1-40-17-16-32(24-25(29)33(28(37)30-26(24)35)18-20-8-4-2-5-9-20)23(34)19-41-27(36)21-10-12-22(13-11-21)42(38,39)31-14-6-3-7-15-31/h2,4-5,8-13H,3,6-7,14-19,29H2,1H3,(H,30,35,37). The Bertz CT molecular complexity index is 1630. The Morgan fingerprint density at radius 2 is 1.67 bits per heavy atom. The minimum atomic E-state index is -3.68. The largest absolute Gasteiger partial charge is 0.452 e. The van der Waals surface area contributed by atoms with Crippen molar-refractivity contribution in [3.8, 4) is 0 Å². The molecule has 2 aromatic carbocycles. The highest BCUT2D eigenvalue weighted by atomic mass is 32.2. The molecule has 14 heteroatoms. The number of hydrogen-bond acceptors (Lipinski definition) is 9. The van der Waals surface area contributed by atoms with E-state index in [0.29, 0.717) is 13.1 Å². The number of nitrogens with zero attached hydrogens (tertiary/aromatic N) is 3. The van der Waals surface area contributed by atoms with Crippen LogP contribution in [-0.4, -0.2) is 74.1 Å². The molecule has 0 atom stereocenters. The van der Waals surface area contributed by atoms with E-state index in [4.69, 9.17) is 15.2 Å². The van der Waals surface area contributed by atoms with Crippen molar-refractivity contribution in [3.63, 3.8) is 0 Å². The highest BCUT2D eigenvalue weighted by molar-refractivity contribution is 7.89. The fraction of sp³-hybridized carbons (Fsp3) is 0.357. The van der Waals surface area contributed by atoms with Gasteiger partial charge in [0.05, 0.1) is 23.6 Å². The van der Waals surface area contributed by atoms with Crippen molar-refractivity contribution >= 4 is 33.4 Å². The number of nitrogens with one attached hydrogen (secondary N) is 1. The summed E-state index contributed by atoms with van der Waals surface area (Å²) in [5.41, 5.74) is 5.10. The predicted molar refractivity (Wildman–Crippen MR) is 155 cm³/mol. The van der Waals surface area contributed by atoms with Crippen molar-refractivity contribution in [3.05, 3.63) is 86.6 Å². The maximum absolute atomic E-state index is 13.2. The number of aromatic nitrogens is 2. The second-order valence-corrected chi connectivity index (χ2v) is 11.6. The number of H-pyrrole nitrogens is 1. The number of esters is 1. The topological polar surface area (TPSA) is 174 Å². The summed E-state index contributed by atoms with van der Waals surface area (Å²) in [6.45, 7) is 0.0825. The minimum absolute atomic E-state index is 0.0172. The second-order valence-electron chi connectivity index (χ2n) is 9.67. The van der Waals surface area contributed by atoms with Crippen LogP contribution in [0.1, 0.15) is 35.2 Å². The molecule has 1 fully saturated rings. The molecule has 3 N–H and O–H groups in total. The molecule has 2 heterocycles. The van der Waals surface area contributed by atoms with Gasteiger partial charge in [0, 0.05) is 26.7 Å². The quantitative estimate of drug-likeness (QED) is 0.307. The van der Waals surface area contributed by atoms with Crippen molar-refractivity contribution in [2.24, 2.45) is 0 Å². The molecule has 1 aliphatic heterocycles. The molecule has 3 aromatic rings. The zero-order chi connectivity index (χ0) is 30.3. The Morgan fingerprint density at radius 3 is 2.31 bits per heavy atom. The molecule has 0 bridgehead atoms. The summed E-state index contributed by atoms with van der Waals surface area (Å²) in [6, 6.07) is 14.2. The van der Waals surface area contributed by atoms with Crippen LogP contribution in [0.15, 0.2) is 69.1 Å². The Labute approximate surface area is 242 Å². The number of aromatic amines is 1. The normalized spacial score (nSPS) is 13.9. The van der Waals surface area contributed by atoms with Crippen molar-refractivity contribution in [1.29, 1.82) is 0 Å². The predicted octanol–water partition coefficient (Wildman–Crippen LogP) is 1.18. The third-order valence-electron chi connectivity index (χ3n) is 6.86. The molecule has 1 aliphatic rings. The van der Waals surface area contributed by atoms with Gasteiger partial charge in [-0.15, -0.1) is 0 Å². The Morgan fingerprint density at radius 1 is 1.00 bits per heavy atom. The fourth-order valence-electron chi connectivity index (χ4n) is 4.61. The number of sulfonamides is 1. The highest BCUT2D eigenvalue weighted by Gasteiger charge is 2.27. The van der Waals surface area contributed by atoms with Gasteiger partial charge in [-0.3, -0.25) is 24.0 Å². The molecule has 13 nitrogen and oxygen atoms in total. The molecule has 0 unspecified atom stereocenters. The van der Waals surface area contributed by atoms with Crippen LogP contribution < -0.4 is 21.9 Å². The van der Waals surface area contributed by atoms with Gasteiger partial charge in [-0.1, -0.05) is 36.8 Å². The van der Waals surface area contributed by atoms with Gasteiger partial charge in [0.15, 0.2) is 12.3 Å². The van der Waals surface area contributed by atoms with E-state index >= 15 is 0 Å². The number of benzene rings is 2. The van der Waals surface area contributed by atoms with E-state index in [-0.39, 0.29) is 41.7 Å². The van der Waals surface area contributed by atoms with Gasteiger partial charge in [0.1, 0.15) is 5.82 Å². The van der Waals surface area contributed by atoms with Crippen LogP contribution in [0.2, 0.25) is 0 Å². The Kier molecular flexibility index (Phi) is 9.93. The average molecular weight is 600 g/mol. The third-order valence-corrected chi connectivity index (χ3v) is 8.77. The van der Waals surface area contributed by atoms with E-state index in [9.17, 15) is 27.6 Å². The molecule has 0 spiro atoms. The van der Waals surface area contributed by atoms with E-state index in [1.165, 1.54) is 35.7 Å². The fourth-order valence-corrected chi connectivity index (χ4v) is 6.13. The number of nitrogen functional groups attached to an aromatic ring is 1. The maximum Gasteiger partial charge on any atom is 0.338 e. The summed E-state index contributed by atoms with van der Waals surface area (Å²) in [5.74, 6) is -1.89. The molecular formula is C28H33N5O8S. The van der Waals surface area contributed by atoms with Gasteiger partial charge < -0.3 is 15.2 Å². The van der Waals surface area contributed by atoms with E-state index in [1.54, 1.807) is 24.3 Å². The number of methoxy groups -OCH3 is 1. The third kappa shape index (κ3) is 6.95. The van der Waals surface area contributed by atoms with E-state index in [0.717, 1.165) is 34.3 Å². The lowest BCUT2D eigenvalue weighted by Gasteiger charge is -2.25. The average Bonchev–Trinajstić information content (AvgIpc) is 3.00. The molecule has 42 heavy (non-hydrogen) atoms. The van der Waals surface area contributed by atoms with Crippen LogP contribution in [0, 0.1) is 0 Å². The molecule has 4 rings (SSSR count). The Hall–Kier alpha value is -4.27. The smallest absolute Gasteiger partial charge is 0.338 e. The van der Waals surface area contributed by atoms with Crippen LogP contribution in [0.25, 0.3) is 0 Å². The lowest BCUT2D eigenvalue weighted by molar-refractivity contribution is -0.121. The van der Waals surface area contributed by atoms with Crippen molar-refractivity contribution < 1.29 is 27.5 Å². The maximum atomic E-state index is 13.2. The molecule has 224 valence electrons. The van der Waals surface area contributed by atoms with E-state index in [2.05, 4.69) is 4.98 Å². The number of nitrogens with two attached hydrogens (primary N) is 1. The first kappa shape index (κ1) is 30.7. The molecule has 1 saturated heterocycles. The number of carbonyl (C=O) groups excluding carboxylic acids is 2. The zero-order valence-corrected chi connectivity index (χ0v) is 24.0. The second kappa shape index (κ2) is 13.6. The number of carbonyl (C=O) groups is 2. The van der Waals surface area contributed by atoms with E-state index in [1.807, 2.05) is 6.07 Å². The number of ether oxygens (including phenoxy) is 2. The van der Waals surface area contributed by atoms with Gasteiger partial charge in [-0.05, 0) is 42.7 Å². The molecule has 1 aromatic heterocycles. The van der Waals surface area contributed by atoms with Crippen molar-refractivity contribution in [2.75, 3.05) is 50.6 Å². The highest BCUT2D eigenvalue weighted by Crippen LogP contribution is 2.22. The zero-order valence-electron chi connectivity index (χ0n) is 23.2. The van der Waals surface area contributed by atoms with Crippen LogP contribution in [0.4, 0.5) is 11.5 Å². The van der Waals surface area contributed by atoms with Crippen molar-refractivity contribution in [1.82, 2.24) is 13.9 Å². The van der Waals surface area contributed by atoms with Gasteiger partial charge in [0.25, 0.3) is 11.5 Å². The summed E-state index contributed by atoms with van der Waals surface area (Å²) in [7, 11) is -2.27. The molecule has 0 aliphatic carbocycles. The number of anilines is 2. The number of piperidine rings is 1. The lowest BCUT2D eigenvalue weighted by atomic mass is 10.2. The minimum Gasteiger partial charge on any atom is -0.452 e. The van der Waals surface area contributed by atoms with Gasteiger partial charge in [0.2, 0.25) is 10.0 Å².